The number of rotatable bonds is 11. The number of nitrogens with zero attached hydrogens (tertiary/aromatic N) is 2. The molecule has 1 aliphatic carbocycles. The van der Waals surface area contributed by atoms with Crippen LogP contribution in [0.1, 0.15) is 12.8 Å². The lowest BCUT2D eigenvalue weighted by Crippen LogP contribution is -2.46. The van der Waals surface area contributed by atoms with Crippen LogP contribution in [0, 0.1) is 5.92 Å². The molecule has 3 atom stereocenters. The van der Waals surface area contributed by atoms with E-state index < -0.39 is 10.1 Å². The van der Waals surface area contributed by atoms with Crippen LogP contribution >= 0.6 is 46.4 Å². The van der Waals surface area contributed by atoms with Crippen LogP contribution in [0.3, 0.4) is 0 Å². The maximum atomic E-state index is 7.06. The van der Waals surface area contributed by atoms with Gasteiger partial charge in [-0.1, -0.05) is 76.7 Å². The highest BCUT2D eigenvalue weighted by Gasteiger charge is 2.48. The Hall–Kier alpha value is -1.93. The van der Waals surface area contributed by atoms with Crippen molar-refractivity contribution in [3.63, 3.8) is 0 Å². The monoisotopic (exact) mass is 556 g/mol. The fourth-order valence-corrected chi connectivity index (χ4v) is 4.89. The minimum Gasteiger partial charge on any atom is -0.466 e. The summed E-state index contributed by atoms with van der Waals surface area (Å²) in [6, 6.07) is 14.3. The predicted molar refractivity (Wildman–Crippen MR) is 137 cm³/mol. The summed E-state index contributed by atoms with van der Waals surface area (Å²) < 4.78 is 25.3. The van der Waals surface area contributed by atoms with Crippen LogP contribution in [0.2, 0.25) is 10.0 Å². The normalized spacial score (nSPS) is 23.8. The quantitative estimate of drug-likeness (QED) is 0.142. The van der Waals surface area contributed by atoms with E-state index in [1.165, 1.54) is 0 Å². The molecule has 186 valence electrons. The second kappa shape index (κ2) is 11.9. The maximum Gasteiger partial charge on any atom is 0.191 e. The molecule has 0 aliphatic heterocycles. The number of imidazole rings is 1. The van der Waals surface area contributed by atoms with Crippen molar-refractivity contribution in [3.8, 4) is 11.5 Å². The zero-order valence-electron chi connectivity index (χ0n) is 18.7. The van der Waals surface area contributed by atoms with Crippen LogP contribution in [0.25, 0.3) is 0 Å². The van der Waals surface area contributed by atoms with Gasteiger partial charge in [-0.3, -0.25) is 0 Å². The molecule has 0 saturated heterocycles. The second-order valence-corrected chi connectivity index (χ2v) is 10.1. The lowest BCUT2D eigenvalue weighted by atomic mass is 9.87. The highest BCUT2D eigenvalue weighted by molar-refractivity contribution is 6.32. The number of halogens is 4. The third-order valence-corrected chi connectivity index (χ3v) is 7.09. The number of aryl methyl sites for hydroxylation is 1. The van der Waals surface area contributed by atoms with Gasteiger partial charge in [-0.15, -0.1) is 0 Å². The maximum absolute atomic E-state index is 7.06. The third-order valence-electron chi connectivity index (χ3n) is 5.57. The Morgan fingerprint density at radius 3 is 2.14 bits per heavy atom. The van der Waals surface area contributed by atoms with Gasteiger partial charge < -0.3 is 23.5 Å². The first-order valence-electron chi connectivity index (χ1n) is 10.9. The van der Waals surface area contributed by atoms with Gasteiger partial charge >= 0.3 is 0 Å². The first-order chi connectivity index (χ1) is 16.9. The highest BCUT2D eigenvalue weighted by Crippen LogP contribution is 2.46. The SMILES string of the molecule is Clc1ccccc1OCOC1(Cl)C=CC(CCn2ccnc2)C(Cl)(OCOc2ccccc2Cl)C1. The molecule has 0 N–H and O–H groups in total. The standard InChI is InChI=1S/C25H24Cl4N2O4/c26-20-5-1-3-7-22(20)32-17-34-24(28)11-9-19(10-13-31-14-12-30-16-31)25(29,15-24)35-18-33-23-8-4-2-6-21(23)27/h1-9,11-12,14,16,19H,10,13,15,17-18H2. The third kappa shape index (κ3) is 7.06. The van der Waals surface area contributed by atoms with Gasteiger partial charge in [0.25, 0.3) is 0 Å². The van der Waals surface area contributed by atoms with E-state index in [0.717, 1.165) is 0 Å². The fraction of sp³-hybridized carbons (Fsp3) is 0.320. The Kier molecular flexibility index (Phi) is 8.87. The van der Waals surface area contributed by atoms with Crippen LogP contribution in [0.4, 0.5) is 0 Å². The molecule has 0 bridgehead atoms. The summed E-state index contributed by atoms with van der Waals surface area (Å²) in [5.41, 5.74) is 0. The van der Waals surface area contributed by atoms with Crippen molar-refractivity contribution in [1.29, 1.82) is 0 Å². The van der Waals surface area contributed by atoms with Crippen molar-refractivity contribution < 1.29 is 18.9 Å². The minimum atomic E-state index is -1.25. The Labute approximate surface area is 224 Å². The van der Waals surface area contributed by atoms with Crippen LogP contribution in [0.5, 0.6) is 11.5 Å². The van der Waals surface area contributed by atoms with Crippen molar-refractivity contribution in [1.82, 2.24) is 9.55 Å². The van der Waals surface area contributed by atoms with Gasteiger partial charge in [-0.2, -0.15) is 0 Å². The van der Waals surface area contributed by atoms with E-state index in [1.54, 1.807) is 42.9 Å². The van der Waals surface area contributed by atoms with Crippen molar-refractivity contribution in [2.24, 2.45) is 5.92 Å². The first kappa shape index (κ1) is 26.1. The second-order valence-electron chi connectivity index (χ2n) is 7.98. The molecule has 1 aromatic heterocycles. The number of aromatic nitrogens is 2. The van der Waals surface area contributed by atoms with E-state index in [9.17, 15) is 0 Å². The van der Waals surface area contributed by atoms with E-state index in [2.05, 4.69) is 4.98 Å². The van der Waals surface area contributed by atoms with Crippen LogP contribution in [0.15, 0.2) is 79.4 Å². The summed E-state index contributed by atoms with van der Waals surface area (Å²) >= 11 is 26.2. The number of hydrogen-bond acceptors (Lipinski definition) is 5. The summed E-state index contributed by atoms with van der Waals surface area (Å²) in [7, 11) is 0. The largest absolute Gasteiger partial charge is 0.466 e. The van der Waals surface area contributed by atoms with E-state index in [1.807, 2.05) is 41.1 Å². The van der Waals surface area contributed by atoms with Gasteiger partial charge in [0.1, 0.15) is 11.5 Å². The van der Waals surface area contributed by atoms with Gasteiger partial charge in [0, 0.05) is 31.3 Å². The number of para-hydroxylation sites is 2. The summed E-state index contributed by atoms with van der Waals surface area (Å²) in [4.78, 5) is 4.09. The molecule has 6 nitrogen and oxygen atoms in total. The van der Waals surface area contributed by atoms with Gasteiger partial charge in [0.2, 0.25) is 0 Å². The Morgan fingerprint density at radius 1 is 0.914 bits per heavy atom. The zero-order valence-corrected chi connectivity index (χ0v) is 21.7. The molecule has 0 amide bonds. The van der Waals surface area contributed by atoms with Gasteiger partial charge in [0.15, 0.2) is 23.7 Å². The Morgan fingerprint density at radius 2 is 1.54 bits per heavy atom. The molecule has 3 aromatic rings. The number of alkyl halides is 2. The zero-order chi connectivity index (χ0) is 24.7. The van der Waals surface area contributed by atoms with Crippen molar-refractivity contribution in [3.05, 3.63) is 89.4 Å². The van der Waals surface area contributed by atoms with E-state index in [-0.39, 0.29) is 25.9 Å². The molecule has 0 radical (unpaired) electrons. The topological polar surface area (TPSA) is 54.7 Å². The van der Waals surface area contributed by atoms with E-state index in [0.29, 0.717) is 34.5 Å². The highest BCUT2D eigenvalue weighted by atomic mass is 35.5. The molecule has 35 heavy (non-hydrogen) atoms. The predicted octanol–water partition coefficient (Wildman–Crippen LogP) is 7.13. The summed E-state index contributed by atoms with van der Waals surface area (Å²) in [6.07, 6.45) is 9.90. The average Bonchev–Trinajstić information content (AvgIpc) is 3.35. The fourth-order valence-electron chi connectivity index (χ4n) is 3.70. The molecule has 0 spiro atoms. The number of hydrogen-bond donors (Lipinski definition) is 0. The molecular weight excluding hydrogens is 534 g/mol. The molecule has 0 saturated carbocycles. The van der Waals surface area contributed by atoms with Crippen LogP contribution in [-0.2, 0) is 16.0 Å². The Balaban J connectivity index is 1.43. The first-order valence-corrected chi connectivity index (χ1v) is 12.4. The summed E-state index contributed by atoms with van der Waals surface area (Å²) in [5.74, 6) is 0.813. The van der Waals surface area contributed by atoms with Crippen LogP contribution < -0.4 is 9.47 Å². The molecule has 1 aliphatic rings. The number of ether oxygens (including phenoxy) is 4. The van der Waals surface area contributed by atoms with Crippen molar-refractivity contribution in [2.75, 3.05) is 13.6 Å². The summed E-state index contributed by atoms with van der Waals surface area (Å²) in [5, 5.41) is -1.50. The molecular formula is C25H24Cl4N2O4. The lowest BCUT2D eigenvalue weighted by molar-refractivity contribution is -0.124. The molecule has 2 aromatic carbocycles. The number of benzene rings is 2. The van der Waals surface area contributed by atoms with Crippen LogP contribution in [-0.4, -0.2) is 33.3 Å². The molecule has 1 heterocycles. The molecule has 0 fully saturated rings. The Bertz CT molecular complexity index is 1130. The minimum absolute atomic E-state index is 0.119. The summed E-state index contributed by atoms with van der Waals surface area (Å²) in [6.45, 7) is 0.454. The van der Waals surface area contributed by atoms with Gasteiger partial charge in [-0.25, -0.2) is 4.98 Å². The van der Waals surface area contributed by atoms with E-state index in [4.69, 9.17) is 65.4 Å². The van der Waals surface area contributed by atoms with Crippen molar-refractivity contribution >= 4 is 46.4 Å². The average molecular weight is 558 g/mol. The van der Waals surface area contributed by atoms with E-state index >= 15 is 0 Å². The van der Waals surface area contributed by atoms with Gasteiger partial charge in [-0.05, 0) is 36.8 Å². The smallest absolute Gasteiger partial charge is 0.191 e. The molecule has 10 heteroatoms. The molecule has 4 rings (SSSR count). The van der Waals surface area contributed by atoms with Gasteiger partial charge in [0.05, 0.1) is 16.4 Å². The van der Waals surface area contributed by atoms with Crippen molar-refractivity contribution in [2.45, 2.75) is 29.5 Å². The lowest BCUT2D eigenvalue weighted by Gasteiger charge is -2.42. The molecule has 3 unspecified atom stereocenters.